The lowest BCUT2D eigenvalue weighted by Crippen LogP contribution is -2.15. The summed E-state index contributed by atoms with van der Waals surface area (Å²) >= 11 is 11.4. The largest absolute Gasteiger partial charge is 0.506 e. The number of hydrogen-bond donors (Lipinski definition) is 3. The van der Waals surface area contributed by atoms with Crippen LogP contribution in [0.4, 0.5) is 4.79 Å². The van der Waals surface area contributed by atoms with Gasteiger partial charge in [0.15, 0.2) is 6.61 Å². The van der Waals surface area contributed by atoms with Gasteiger partial charge < -0.3 is 38.7 Å². The van der Waals surface area contributed by atoms with E-state index in [0.717, 1.165) is 112 Å². The molecule has 1 aliphatic carbocycles. The Hall–Kier alpha value is -4.66. The van der Waals surface area contributed by atoms with E-state index in [4.69, 9.17) is 38.7 Å². The number of Topliss-reactive ketones (excluding diaryl/α,β-unsaturated/α-hetero) is 1. The molecule has 6 aromatic rings. The molecule has 0 spiro atoms. The molecule has 0 aliphatic heterocycles. The van der Waals surface area contributed by atoms with Gasteiger partial charge in [-0.05, 0) is 222 Å². The van der Waals surface area contributed by atoms with Crippen LogP contribution in [-0.4, -0.2) is 59.5 Å². The van der Waals surface area contributed by atoms with Gasteiger partial charge in [-0.15, -0.1) is 0 Å². The van der Waals surface area contributed by atoms with E-state index in [1.807, 2.05) is 70.2 Å². The third-order valence-corrected chi connectivity index (χ3v) is 18.4. The molecule has 1 aliphatic rings. The van der Waals surface area contributed by atoms with Crippen LogP contribution in [0.15, 0.2) is 98.5 Å². The Morgan fingerprint density at radius 3 is 1.74 bits per heavy atom. The number of benzene rings is 5. The number of carboxylic acids is 2. The van der Waals surface area contributed by atoms with Crippen molar-refractivity contribution >= 4 is 112 Å². The number of para-hydroxylation sites is 1. The molecule has 0 bridgehead atoms. The molecule has 1 unspecified atom stereocenters. The molecule has 16 heteroatoms. The Bertz CT molecular complexity index is 3040. The summed E-state index contributed by atoms with van der Waals surface area (Å²) < 4.78 is 31.0. The molecular formula is C79H120Br2I2O12. The van der Waals surface area contributed by atoms with Crippen molar-refractivity contribution in [2.24, 2.45) is 5.92 Å². The molecule has 0 amide bonds. The van der Waals surface area contributed by atoms with Gasteiger partial charge in [0.05, 0.1) is 36.1 Å². The monoisotopic (exact) mass is 1670 g/mol. The fourth-order valence-electron chi connectivity index (χ4n) is 11.2. The third-order valence-electron chi connectivity index (χ3n) is 15.6. The number of furan rings is 1. The Kier molecular flexibility index (Phi) is 53.1. The first-order valence-corrected chi connectivity index (χ1v) is 36.3. The van der Waals surface area contributed by atoms with E-state index in [9.17, 15) is 19.2 Å². The minimum absolute atomic E-state index is 0. The highest BCUT2D eigenvalue weighted by Gasteiger charge is 2.23. The molecular weight excluding hydrogens is 1550 g/mol. The summed E-state index contributed by atoms with van der Waals surface area (Å²) in [5, 5.41) is 27.5. The standard InChI is InChI=1S/C37H56O5.C17H12I2O4.C16H20Br2O3.2C2H6.5CH4/c1-7-8-15-18-32(38)19-16-13-11-9-10-12-14-17-20-33(31-21-22-35(41-6)34(25-31)27(2)3)36-28(4)23-30(24-29(36)5)26-42-37(39)40;18-13-6-10(7-14(19)17(13)23-9-16(20)21)5-11-8-22-15-4-2-1-3-12(11)15;17-13-8-12(6-7-15(19)20)9-14(18)16(13)21-10-11-4-2-1-3-5-11;2*1-2;;;;;/h21-25,27,33H,7-20,26H2,1-6H3,(H,39,40);1-4,6-8H,5,9H2,(H,20,21);8-9,11H,1-7,10H2,(H,19,20);2*1-2H3;5*1H4. The molecule has 0 radical (unpaired) electrons. The number of ketones is 1. The van der Waals surface area contributed by atoms with E-state index in [1.54, 1.807) is 13.4 Å². The molecule has 3 N–H and O–H groups in total. The number of aliphatic carboxylic acids is 2. The lowest BCUT2D eigenvalue weighted by Gasteiger charge is -2.25. The van der Waals surface area contributed by atoms with Crippen molar-refractivity contribution in [3.05, 3.63) is 151 Å². The molecule has 536 valence electrons. The average molecular weight is 1680 g/mol. The van der Waals surface area contributed by atoms with Crippen LogP contribution in [0, 0.1) is 26.9 Å². The molecule has 5 aromatic carbocycles. The summed E-state index contributed by atoms with van der Waals surface area (Å²) in [6.07, 6.45) is 24.0. The molecule has 1 aromatic heterocycles. The van der Waals surface area contributed by atoms with Crippen molar-refractivity contribution < 1.29 is 57.9 Å². The van der Waals surface area contributed by atoms with Crippen molar-refractivity contribution in [2.75, 3.05) is 20.3 Å². The number of unbranched alkanes of at least 4 members (excludes halogenated alkanes) is 9. The summed E-state index contributed by atoms with van der Waals surface area (Å²) in [5.41, 5.74) is 11.2. The number of carbonyl (C=O) groups excluding carboxylic acids is 1. The molecule has 1 heterocycles. The Labute approximate surface area is 618 Å². The van der Waals surface area contributed by atoms with E-state index in [2.05, 4.69) is 148 Å². The van der Waals surface area contributed by atoms with Crippen LogP contribution in [0.5, 0.6) is 17.2 Å². The summed E-state index contributed by atoms with van der Waals surface area (Å²) in [6.45, 7) is 19.3. The van der Waals surface area contributed by atoms with E-state index >= 15 is 0 Å². The second-order valence-electron chi connectivity index (χ2n) is 22.9. The average Bonchev–Trinajstić information content (AvgIpc) is 1.18. The first-order chi connectivity index (χ1) is 43.3. The van der Waals surface area contributed by atoms with Crippen LogP contribution in [-0.2, 0) is 38.6 Å². The van der Waals surface area contributed by atoms with Gasteiger partial charge in [0.2, 0.25) is 0 Å². The number of halogens is 4. The van der Waals surface area contributed by atoms with Crippen LogP contribution in [0.1, 0.15) is 276 Å². The van der Waals surface area contributed by atoms with Gasteiger partial charge in [-0.2, -0.15) is 0 Å². The fourth-order valence-corrected chi connectivity index (χ4v) is 15.0. The molecule has 1 fully saturated rings. The summed E-state index contributed by atoms with van der Waals surface area (Å²) in [6, 6.07) is 26.7. The van der Waals surface area contributed by atoms with Gasteiger partial charge in [0.1, 0.15) is 35.2 Å². The van der Waals surface area contributed by atoms with Gasteiger partial charge in [-0.3, -0.25) is 9.59 Å². The van der Waals surface area contributed by atoms with Crippen LogP contribution in [0.25, 0.3) is 11.0 Å². The van der Waals surface area contributed by atoms with Crippen molar-refractivity contribution in [3.63, 3.8) is 0 Å². The highest BCUT2D eigenvalue weighted by Crippen LogP contribution is 2.40. The summed E-state index contributed by atoms with van der Waals surface area (Å²) in [5.74, 6) is 2.34. The van der Waals surface area contributed by atoms with Gasteiger partial charge in [0, 0.05) is 42.6 Å². The number of rotatable bonds is 32. The smallest absolute Gasteiger partial charge is 0.496 e. The molecule has 7 rings (SSSR count). The second-order valence-corrected chi connectivity index (χ2v) is 26.9. The highest BCUT2D eigenvalue weighted by molar-refractivity contribution is 14.1. The number of carboxylic acid groups (broad SMARTS) is 3. The van der Waals surface area contributed by atoms with E-state index in [0.29, 0.717) is 29.8 Å². The normalized spacial score (nSPS) is 11.6. The SMILES string of the molecule is C.C.C.C.C.CC.CC.CCCCCC(=O)CCCCCCCCCCC(c1ccc(OC)c(C(C)C)c1)c1c(C)cc(COC(=O)O)cc1C.O=C(O)CCc1cc(Br)c(OCC2CCCCC2)c(Br)c1.O=C(O)COc1c(I)cc(Cc2coc3ccccc23)cc1I. The van der Waals surface area contributed by atoms with Gasteiger partial charge in [-0.25, -0.2) is 9.59 Å². The number of aryl methyl sites for hydroxylation is 3. The van der Waals surface area contributed by atoms with Gasteiger partial charge in [0.25, 0.3) is 0 Å². The molecule has 12 nitrogen and oxygen atoms in total. The van der Waals surface area contributed by atoms with E-state index in [-0.39, 0.29) is 62.7 Å². The quantitative estimate of drug-likeness (QED) is 0.0207. The molecule has 1 atom stereocenters. The van der Waals surface area contributed by atoms with Crippen LogP contribution in [0.3, 0.4) is 0 Å². The number of fused-ring (bicyclic) bond motifs is 1. The third kappa shape index (κ3) is 34.6. The maximum absolute atomic E-state index is 11.9. The lowest BCUT2D eigenvalue weighted by atomic mass is 9.80. The van der Waals surface area contributed by atoms with E-state index < -0.39 is 18.1 Å². The second kappa shape index (κ2) is 53.3. The van der Waals surface area contributed by atoms with Gasteiger partial charge >= 0.3 is 18.1 Å². The van der Waals surface area contributed by atoms with E-state index in [1.165, 1.54) is 111 Å². The zero-order valence-electron chi connectivity index (χ0n) is 55.0. The van der Waals surface area contributed by atoms with Crippen molar-refractivity contribution in [1.82, 2.24) is 0 Å². The minimum Gasteiger partial charge on any atom is -0.496 e. The maximum Gasteiger partial charge on any atom is 0.506 e. The predicted molar refractivity (Wildman–Crippen MR) is 423 cm³/mol. The van der Waals surface area contributed by atoms with Crippen molar-refractivity contribution in [2.45, 2.75) is 259 Å². The highest BCUT2D eigenvalue weighted by atomic mass is 127. The minimum atomic E-state index is -1.25. The first-order valence-electron chi connectivity index (χ1n) is 32.5. The lowest BCUT2D eigenvalue weighted by molar-refractivity contribution is -0.139. The molecule has 0 saturated heterocycles. The number of carbonyl (C=O) groups is 4. The summed E-state index contributed by atoms with van der Waals surface area (Å²) in [4.78, 5) is 44.2. The molecule has 95 heavy (non-hydrogen) atoms. The predicted octanol–water partition coefficient (Wildman–Crippen LogP) is 25.9. The Morgan fingerprint density at radius 1 is 0.642 bits per heavy atom. The van der Waals surface area contributed by atoms with Crippen molar-refractivity contribution in [3.8, 4) is 17.2 Å². The first kappa shape index (κ1) is 94.5. The van der Waals surface area contributed by atoms with Gasteiger partial charge in [-0.1, -0.05) is 205 Å². The zero-order chi connectivity index (χ0) is 66.5. The summed E-state index contributed by atoms with van der Waals surface area (Å²) in [7, 11) is 1.73. The van der Waals surface area contributed by atoms with Crippen LogP contribution >= 0.6 is 77.0 Å². The molecule has 1 saturated carbocycles. The van der Waals surface area contributed by atoms with Crippen LogP contribution in [0.2, 0.25) is 0 Å². The Balaban J connectivity index is -0.00000136. The van der Waals surface area contributed by atoms with Crippen LogP contribution < -0.4 is 14.2 Å². The maximum atomic E-state index is 11.9. The number of methoxy groups -OCH3 is 1. The fraction of sp³-hybridized carbons (Fsp3) is 0.544. The topological polar surface area (TPSA) is 179 Å². The Morgan fingerprint density at radius 2 is 1.20 bits per heavy atom. The zero-order valence-corrected chi connectivity index (χ0v) is 62.5. The van der Waals surface area contributed by atoms with Crippen molar-refractivity contribution in [1.29, 1.82) is 0 Å². The number of hydrogen-bond acceptors (Lipinski definition) is 9. The number of ether oxygens (including phenoxy) is 4.